The molecule has 1 aromatic carbocycles. The lowest BCUT2D eigenvalue weighted by molar-refractivity contribution is -0.122. The molecule has 0 unspecified atom stereocenters. The van der Waals surface area contributed by atoms with Crippen molar-refractivity contribution in [3.05, 3.63) is 29.8 Å². The van der Waals surface area contributed by atoms with Gasteiger partial charge in [-0.15, -0.1) is 0 Å². The molecule has 0 saturated carbocycles. The molecule has 122 valence electrons. The Hall–Kier alpha value is -1.68. The predicted octanol–water partition coefficient (Wildman–Crippen LogP) is 2.59. The molecular formula is C19H24N2O2. The van der Waals surface area contributed by atoms with Gasteiger partial charge < -0.3 is 10.1 Å². The Morgan fingerprint density at radius 3 is 2.96 bits per heavy atom. The van der Waals surface area contributed by atoms with E-state index in [9.17, 15) is 9.59 Å². The quantitative estimate of drug-likeness (QED) is 0.873. The van der Waals surface area contributed by atoms with Crippen molar-refractivity contribution < 1.29 is 9.59 Å². The number of nitrogens with one attached hydrogen (secondary N) is 1. The van der Waals surface area contributed by atoms with Crippen molar-refractivity contribution in [2.75, 3.05) is 18.4 Å². The number of benzene rings is 1. The number of anilines is 1. The number of hydrogen-bond acceptors (Lipinski definition) is 3. The van der Waals surface area contributed by atoms with Crippen LogP contribution in [0.4, 0.5) is 5.69 Å². The van der Waals surface area contributed by atoms with E-state index in [1.807, 2.05) is 18.2 Å². The number of amides is 1. The smallest absolute Gasteiger partial charge is 0.236 e. The molecule has 4 atom stereocenters. The van der Waals surface area contributed by atoms with Crippen molar-refractivity contribution in [1.82, 2.24) is 4.90 Å². The maximum Gasteiger partial charge on any atom is 0.236 e. The van der Waals surface area contributed by atoms with E-state index in [1.165, 1.54) is 0 Å². The summed E-state index contributed by atoms with van der Waals surface area (Å²) >= 11 is 0. The van der Waals surface area contributed by atoms with Crippen LogP contribution in [0.5, 0.6) is 0 Å². The van der Waals surface area contributed by atoms with E-state index >= 15 is 0 Å². The minimum Gasteiger partial charge on any atom is -0.325 e. The molecule has 4 heteroatoms. The highest BCUT2D eigenvalue weighted by molar-refractivity contribution is 6.07. The first-order valence-electron chi connectivity index (χ1n) is 8.79. The molecule has 2 saturated heterocycles. The van der Waals surface area contributed by atoms with Gasteiger partial charge in [0.05, 0.1) is 5.41 Å². The van der Waals surface area contributed by atoms with Crippen LogP contribution in [0.3, 0.4) is 0 Å². The van der Waals surface area contributed by atoms with E-state index in [0.717, 1.165) is 49.9 Å². The maximum atomic E-state index is 12.9. The maximum absolute atomic E-state index is 12.9. The van der Waals surface area contributed by atoms with Crippen LogP contribution in [0.1, 0.15) is 38.2 Å². The number of piperidine rings is 1. The number of nitrogens with zero attached hydrogens (tertiary/aromatic N) is 1. The van der Waals surface area contributed by atoms with Gasteiger partial charge in [0.2, 0.25) is 5.91 Å². The first kappa shape index (κ1) is 14.9. The molecule has 3 heterocycles. The van der Waals surface area contributed by atoms with Gasteiger partial charge in [-0.1, -0.05) is 31.5 Å². The van der Waals surface area contributed by atoms with Crippen LogP contribution in [0.2, 0.25) is 0 Å². The zero-order valence-corrected chi connectivity index (χ0v) is 13.6. The van der Waals surface area contributed by atoms with Crippen molar-refractivity contribution in [1.29, 1.82) is 0 Å². The molecule has 0 aromatic heterocycles. The number of aldehydes is 1. The highest BCUT2D eigenvalue weighted by Crippen LogP contribution is 2.52. The lowest BCUT2D eigenvalue weighted by atomic mass is 9.68. The van der Waals surface area contributed by atoms with Gasteiger partial charge in [0.15, 0.2) is 0 Å². The van der Waals surface area contributed by atoms with Crippen molar-refractivity contribution in [3.63, 3.8) is 0 Å². The van der Waals surface area contributed by atoms with Gasteiger partial charge in [-0.2, -0.15) is 0 Å². The summed E-state index contributed by atoms with van der Waals surface area (Å²) in [4.78, 5) is 26.5. The van der Waals surface area contributed by atoms with Crippen LogP contribution in [0.25, 0.3) is 0 Å². The molecular weight excluding hydrogens is 288 g/mol. The topological polar surface area (TPSA) is 49.4 Å². The molecule has 23 heavy (non-hydrogen) atoms. The average Bonchev–Trinajstić information content (AvgIpc) is 3.07. The lowest BCUT2D eigenvalue weighted by Crippen LogP contribution is -2.53. The third-order valence-electron chi connectivity index (χ3n) is 6.45. The third-order valence-corrected chi connectivity index (χ3v) is 6.45. The summed E-state index contributed by atoms with van der Waals surface area (Å²) in [5, 5.41) is 3.10. The Bertz CT molecular complexity index is 644. The van der Waals surface area contributed by atoms with Crippen molar-refractivity contribution in [2.24, 2.45) is 11.8 Å². The van der Waals surface area contributed by atoms with Gasteiger partial charge in [-0.05, 0) is 42.9 Å². The Morgan fingerprint density at radius 1 is 1.35 bits per heavy atom. The van der Waals surface area contributed by atoms with Crippen LogP contribution in [0, 0.1) is 11.8 Å². The Kier molecular flexibility index (Phi) is 3.52. The number of carbonyl (C=O) groups is 2. The fourth-order valence-corrected chi connectivity index (χ4v) is 5.24. The van der Waals surface area contributed by atoms with Gasteiger partial charge in [0, 0.05) is 24.7 Å². The SMILES string of the molecule is CC[C@@H]1CN2CC[C@]3(C(=O)Nc4ccccc43)[C@H]2C[C@@H]1CC=O. The zero-order chi connectivity index (χ0) is 16.0. The summed E-state index contributed by atoms with van der Waals surface area (Å²) < 4.78 is 0. The summed E-state index contributed by atoms with van der Waals surface area (Å²) in [7, 11) is 0. The van der Waals surface area contributed by atoms with E-state index in [4.69, 9.17) is 0 Å². The Balaban J connectivity index is 1.72. The molecule has 0 aliphatic carbocycles. The fourth-order valence-electron chi connectivity index (χ4n) is 5.24. The van der Waals surface area contributed by atoms with Gasteiger partial charge >= 0.3 is 0 Å². The molecule has 4 rings (SSSR count). The predicted molar refractivity (Wildman–Crippen MR) is 89.3 cm³/mol. The van der Waals surface area contributed by atoms with Crippen LogP contribution < -0.4 is 5.32 Å². The van der Waals surface area contributed by atoms with Gasteiger partial charge in [0.25, 0.3) is 0 Å². The summed E-state index contributed by atoms with van der Waals surface area (Å²) in [6.07, 6.45) is 4.65. The average molecular weight is 312 g/mol. The second-order valence-corrected chi connectivity index (χ2v) is 7.30. The first-order valence-corrected chi connectivity index (χ1v) is 8.79. The number of para-hydroxylation sites is 1. The van der Waals surface area contributed by atoms with Gasteiger partial charge in [-0.3, -0.25) is 9.69 Å². The number of carbonyl (C=O) groups excluding carboxylic acids is 2. The zero-order valence-electron chi connectivity index (χ0n) is 13.6. The van der Waals surface area contributed by atoms with Gasteiger partial charge in [0.1, 0.15) is 6.29 Å². The molecule has 1 N–H and O–H groups in total. The second-order valence-electron chi connectivity index (χ2n) is 7.30. The molecule has 1 aromatic rings. The highest BCUT2D eigenvalue weighted by Gasteiger charge is 2.59. The summed E-state index contributed by atoms with van der Waals surface area (Å²) in [5.74, 6) is 1.14. The van der Waals surface area contributed by atoms with E-state index in [2.05, 4.69) is 23.2 Å². The Morgan fingerprint density at radius 2 is 2.17 bits per heavy atom. The lowest BCUT2D eigenvalue weighted by Gasteiger charge is -2.44. The normalized spacial score (nSPS) is 35.9. The van der Waals surface area contributed by atoms with Crippen molar-refractivity contribution >= 4 is 17.9 Å². The standard InChI is InChI=1S/C19H24N2O2/c1-2-13-12-21-9-8-19(17(21)11-14(13)7-10-22)15-5-3-4-6-16(15)20-18(19)23/h3-6,10,13-14,17H,2,7-9,11-12H2,1H3,(H,20,23)/t13-,14+,17-,19-/m1/s1. The van der Waals surface area contributed by atoms with Gasteiger partial charge in [-0.25, -0.2) is 0 Å². The second kappa shape index (κ2) is 5.45. The molecule has 0 radical (unpaired) electrons. The number of rotatable bonds is 3. The van der Waals surface area contributed by atoms with Crippen molar-refractivity contribution in [3.8, 4) is 0 Å². The monoisotopic (exact) mass is 312 g/mol. The summed E-state index contributed by atoms with van der Waals surface area (Å²) in [6, 6.07) is 8.36. The summed E-state index contributed by atoms with van der Waals surface area (Å²) in [6.45, 7) is 4.22. The fraction of sp³-hybridized carbons (Fsp3) is 0.579. The van der Waals surface area contributed by atoms with Crippen LogP contribution in [-0.2, 0) is 15.0 Å². The molecule has 4 nitrogen and oxygen atoms in total. The molecule has 0 bridgehead atoms. The van der Waals surface area contributed by atoms with E-state index in [1.54, 1.807) is 0 Å². The Labute approximate surface area is 137 Å². The number of fused-ring (bicyclic) bond motifs is 4. The van der Waals surface area contributed by atoms with Crippen LogP contribution in [-0.4, -0.2) is 36.2 Å². The minimum atomic E-state index is -0.406. The first-order chi connectivity index (χ1) is 11.2. The van der Waals surface area contributed by atoms with Crippen molar-refractivity contribution in [2.45, 2.75) is 44.1 Å². The third kappa shape index (κ3) is 2.01. The molecule has 1 amide bonds. The minimum absolute atomic E-state index is 0.158. The van der Waals surface area contributed by atoms with E-state index in [-0.39, 0.29) is 11.9 Å². The van der Waals surface area contributed by atoms with E-state index < -0.39 is 5.41 Å². The summed E-state index contributed by atoms with van der Waals surface area (Å²) in [5.41, 5.74) is 1.73. The van der Waals surface area contributed by atoms with Crippen LogP contribution >= 0.6 is 0 Å². The molecule has 2 fully saturated rings. The van der Waals surface area contributed by atoms with E-state index in [0.29, 0.717) is 18.3 Å². The number of hydrogen-bond donors (Lipinski definition) is 1. The molecule has 3 aliphatic heterocycles. The highest BCUT2D eigenvalue weighted by atomic mass is 16.2. The largest absolute Gasteiger partial charge is 0.325 e. The van der Waals surface area contributed by atoms with Crippen LogP contribution in [0.15, 0.2) is 24.3 Å². The molecule has 3 aliphatic rings. The molecule has 1 spiro atoms.